The van der Waals surface area contributed by atoms with Crippen LogP contribution in [0.25, 0.3) is 0 Å². The fourth-order valence-electron chi connectivity index (χ4n) is 1.25. The number of hydrogen-bond acceptors (Lipinski definition) is 3. The van der Waals surface area contributed by atoms with Gasteiger partial charge >= 0.3 is 0 Å². The van der Waals surface area contributed by atoms with Gasteiger partial charge in [0.15, 0.2) is 0 Å². The highest BCUT2D eigenvalue weighted by atomic mass is 16.2. The third-order valence-electron chi connectivity index (χ3n) is 2.16. The minimum Gasteiger partial charge on any atom is -0.352 e. The molecule has 5 heteroatoms. The number of carbonyl (C=O) groups excluding carboxylic acids is 2. The lowest BCUT2D eigenvalue weighted by molar-refractivity contribution is -0.124. The first-order valence-corrected chi connectivity index (χ1v) is 5.30. The van der Waals surface area contributed by atoms with E-state index in [1.165, 1.54) is 0 Å². The molecular weight excluding hydrogens is 206 g/mol. The molecule has 1 aliphatic carbocycles. The average molecular weight is 223 g/mol. The van der Waals surface area contributed by atoms with Gasteiger partial charge < -0.3 is 10.6 Å². The van der Waals surface area contributed by atoms with E-state index >= 15 is 0 Å². The molecule has 5 nitrogen and oxygen atoms in total. The standard InChI is InChI=1S/C11H17N3O2/c1-3-6-12-10(15)7-14(2)8-11(16)13-9-4-5-9/h1,9H,4-8H2,2H3,(H,12,15)(H,13,16). The highest BCUT2D eigenvalue weighted by Gasteiger charge is 2.23. The molecule has 0 aromatic carbocycles. The summed E-state index contributed by atoms with van der Waals surface area (Å²) in [5.74, 6) is 2.12. The highest BCUT2D eigenvalue weighted by Crippen LogP contribution is 2.18. The lowest BCUT2D eigenvalue weighted by atomic mass is 10.4. The van der Waals surface area contributed by atoms with Gasteiger partial charge in [0.1, 0.15) is 0 Å². The van der Waals surface area contributed by atoms with Crippen molar-refractivity contribution in [1.29, 1.82) is 0 Å². The number of amides is 2. The van der Waals surface area contributed by atoms with E-state index in [9.17, 15) is 9.59 Å². The summed E-state index contributed by atoms with van der Waals surface area (Å²) >= 11 is 0. The maximum atomic E-state index is 11.4. The summed E-state index contributed by atoms with van der Waals surface area (Å²) in [4.78, 5) is 24.3. The van der Waals surface area contributed by atoms with Crippen LogP contribution in [0.15, 0.2) is 0 Å². The van der Waals surface area contributed by atoms with Crippen molar-refractivity contribution < 1.29 is 9.59 Å². The number of nitrogens with zero attached hydrogens (tertiary/aromatic N) is 1. The molecule has 0 spiro atoms. The van der Waals surface area contributed by atoms with Crippen molar-refractivity contribution in [2.45, 2.75) is 18.9 Å². The first-order valence-electron chi connectivity index (χ1n) is 5.30. The smallest absolute Gasteiger partial charge is 0.234 e. The van der Waals surface area contributed by atoms with Gasteiger partial charge in [-0.25, -0.2) is 0 Å². The SMILES string of the molecule is C#CCNC(=O)CN(C)CC(=O)NC1CC1. The maximum Gasteiger partial charge on any atom is 0.234 e. The number of rotatable bonds is 6. The summed E-state index contributed by atoms with van der Waals surface area (Å²) in [5.41, 5.74) is 0. The van der Waals surface area contributed by atoms with Crippen molar-refractivity contribution in [2.75, 3.05) is 26.7 Å². The van der Waals surface area contributed by atoms with Crippen LogP contribution in [0.3, 0.4) is 0 Å². The second-order valence-corrected chi connectivity index (χ2v) is 3.99. The molecule has 0 saturated heterocycles. The molecule has 0 atom stereocenters. The zero-order valence-corrected chi connectivity index (χ0v) is 9.45. The van der Waals surface area contributed by atoms with Gasteiger partial charge in [-0.15, -0.1) is 6.42 Å². The average Bonchev–Trinajstić information content (AvgIpc) is 2.97. The van der Waals surface area contributed by atoms with Gasteiger partial charge in [-0.1, -0.05) is 5.92 Å². The number of nitrogens with one attached hydrogen (secondary N) is 2. The van der Waals surface area contributed by atoms with Gasteiger partial charge in [0.25, 0.3) is 0 Å². The van der Waals surface area contributed by atoms with Crippen molar-refractivity contribution in [3.05, 3.63) is 0 Å². The zero-order valence-electron chi connectivity index (χ0n) is 9.45. The van der Waals surface area contributed by atoms with Crippen molar-refractivity contribution in [3.63, 3.8) is 0 Å². The zero-order chi connectivity index (χ0) is 12.0. The second-order valence-electron chi connectivity index (χ2n) is 3.99. The first-order chi connectivity index (χ1) is 7.61. The quantitative estimate of drug-likeness (QED) is 0.565. The van der Waals surface area contributed by atoms with Gasteiger partial charge in [-0.3, -0.25) is 14.5 Å². The first kappa shape index (κ1) is 12.5. The van der Waals surface area contributed by atoms with E-state index in [1.807, 2.05) is 0 Å². The van der Waals surface area contributed by atoms with E-state index < -0.39 is 0 Å². The van der Waals surface area contributed by atoms with Crippen LogP contribution < -0.4 is 10.6 Å². The summed E-state index contributed by atoms with van der Waals surface area (Å²) in [6, 6.07) is 0.358. The Morgan fingerprint density at radius 2 is 2.00 bits per heavy atom. The summed E-state index contributed by atoms with van der Waals surface area (Å²) in [6.45, 7) is 0.640. The van der Waals surface area contributed by atoms with Crippen LogP contribution in [-0.2, 0) is 9.59 Å². The van der Waals surface area contributed by atoms with E-state index in [2.05, 4.69) is 16.6 Å². The highest BCUT2D eigenvalue weighted by molar-refractivity contribution is 5.81. The van der Waals surface area contributed by atoms with E-state index in [1.54, 1.807) is 11.9 Å². The summed E-state index contributed by atoms with van der Waals surface area (Å²) < 4.78 is 0. The molecule has 2 N–H and O–H groups in total. The Bertz CT molecular complexity index is 305. The molecule has 1 rings (SSSR count). The molecule has 16 heavy (non-hydrogen) atoms. The third-order valence-corrected chi connectivity index (χ3v) is 2.16. The minimum atomic E-state index is -0.167. The predicted octanol–water partition coefficient (Wildman–Crippen LogP) is -1.05. The Morgan fingerprint density at radius 1 is 1.38 bits per heavy atom. The van der Waals surface area contributed by atoms with Gasteiger partial charge in [0.2, 0.25) is 11.8 Å². The number of likely N-dealkylation sites (N-methyl/N-ethyl adjacent to an activating group) is 1. The van der Waals surface area contributed by atoms with Gasteiger partial charge in [-0.2, -0.15) is 0 Å². The monoisotopic (exact) mass is 223 g/mol. The van der Waals surface area contributed by atoms with E-state index in [-0.39, 0.29) is 31.4 Å². The Balaban J connectivity index is 2.13. The largest absolute Gasteiger partial charge is 0.352 e. The van der Waals surface area contributed by atoms with Crippen molar-refractivity contribution in [2.24, 2.45) is 0 Å². The molecule has 0 radical (unpaired) electrons. The van der Waals surface area contributed by atoms with Crippen LogP contribution >= 0.6 is 0 Å². The van der Waals surface area contributed by atoms with Crippen molar-refractivity contribution >= 4 is 11.8 Å². The van der Waals surface area contributed by atoms with Crippen LogP contribution in [0.5, 0.6) is 0 Å². The molecule has 1 fully saturated rings. The maximum absolute atomic E-state index is 11.4. The number of hydrogen-bond donors (Lipinski definition) is 2. The molecular formula is C11H17N3O2. The van der Waals surface area contributed by atoms with E-state index in [0.29, 0.717) is 6.04 Å². The molecule has 0 aromatic rings. The van der Waals surface area contributed by atoms with E-state index in [0.717, 1.165) is 12.8 Å². The van der Waals surface area contributed by atoms with Crippen molar-refractivity contribution in [1.82, 2.24) is 15.5 Å². The lowest BCUT2D eigenvalue weighted by Gasteiger charge is -2.15. The Hall–Kier alpha value is -1.54. The van der Waals surface area contributed by atoms with Crippen LogP contribution in [0.1, 0.15) is 12.8 Å². The van der Waals surface area contributed by atoms with Crippen LogP contribution in [0.4, 0.5) is 0 Å². The Labute approximate surface area is 95.6 Å². The number of carbonyl (C=O) groups is 2. The fourth-order valence-corrected chi connectivity index (χ4v) is 1.25. The molecule has 0 heterocycles. The minimum absolute atomic E-state index is 0.0326. The molecule has 2 amide bonds. The molecule has 0 aliphatic heterocycles. The third kappa shape index (κ3) is 5.37. The predicted molar refractivity (Wildman–Crippen MR) is 60.5 cm³/mol. The molecule has 1 saturated carbocycles. The Morgan fingerprint density at radius 3 is 2.56 bits per heavy atom. The molecule has 0 aromatic heterocycles. The normalized spacial score (nSPS) is 14.3. The summed E-state index contributed by atoms with van der Waals surface area (Å²) in [7, 11) is 1.72. The van der Waals surface area contributed by atoms with E-state index in [4.69, 9.17) is 6.42 Å². The topological polar surface area (TPSA) is 61.4 Å². The molecule has 0 unspecified atom stereocenters. The second kappa shape index (κ2) is 6.13. The van der Waals surface area contributed by atoms with Crippen LogP contribution in [0, 0.1) is 12.3 Å². The summed E-state index contributed by atoms with van der Waals surface area (Å²) in [5, 5.41) is 5.40. The fraction of sp³-hybridized carbons (Fsp3) is 0.636. The van der Waals surface area contributed by atoms with Crippen molar-refractivity contribution in [3.8, 4) is 12.3 Å². The van der Waals surface area contributed by atoms with Gasteiger partial charge in [-0.05, 0) is 19.9 Å². The van der Waals surface area contributed by atoms with Crippen LogP contribution in [-0.4, -0.2) is 49.4 Å². The lowest BCUT2D eigenvalue weighted by Crippen LogP contribution is -2.41. The Kier molecular flexibility index (Phi) is 4.80. The molecule has 88 valence electrons. The number of terminal acetylenes is 1. The van der Waals surface area contributed by atoms with Gasteiger partial charge in [0.05, 0.1) is 19.6 Å². The molecule has 0 bridgehead atoms. The van der Waals surface area contributed by atoms with Gasteiger partial charge in [0, 0.05) is 6.04 Å². The molecule has 1 aliphatic rings. The summed E-state index contributed by atoms with van der Waals surface area (Å²) in [6.07, 6.45) is 7.14. The van der Waals surface area contributed by atoms with Crippen LogP contribution in [0.2, 0.25) is 0 Å².